The zero-order chi connectivity index (χ0) is 22.6. The Morgan fingerprint density at radius 1 is 1.19 bits per heavy atom. The summed E-state index contributed by atoms with van der Waals surface area (Å²) < 4.78 is 10.4. The summed E-state index contributed by atoms with van der Waals surface area (Å²) in [5, 5.41) is 2.46. The zero-order valence-corrected chi connectivity index (χ0v) is 19.3. The monoisotopic (exact) mass is 449 g/mol. The molecule has 0 radical (unpaired) electrons. The second-order valence-electron chi connectivity index (χ2n) is 8.10. The van der Waals surface area contributed by atoms with Gasteiger partial charge >= 0.3 is 5.97 Å². The van der Waals surface area contributed by atoms with E-state index in [1.807, 2.05) is 32.0 Å². The Bertz CT molecular complexity index is 800. The summed E-state index contributed by atoms with van der Waals surface area (Å²) in [6, 6.07) is 7.69. The van der Waals surface area contributed by atoms with Crippen LogP contribution < -0.4 is 10.1 Å². The van der Waals surface area contributed by atoms with Crippen LogP contribution in [0.5, 0.6) is 5.75 Å². The molecule has 0 saturated carbocycles. The van der Waals surface area contributed by atoms with E-state index in [1.54, 1.807) is 17.0 Å². The lowest BCUT2D eigenvalue weighted by atomic mass is 9.96. The van der Waals surface area contributed by atoms with Crippen LogP contribution in [-0.4, -0.2) is 82.6 Å². The fourth-order valence-corrected chi connectivity index (χ4v) is 5.52. The van der Waals surface area contributed by atoms with E-state index in [9.17, 15) is 14.4 Å². The van der Waals surface area contributed by atoms with Gasteiger partial charge in [0.1, 0.15) is 29.8 Å². The Morgan fingerprint density at radius 2 is 1.87 bits per heavy atom. The maximum Gasteiger partial charge on any atom is 0.330 e. The van der Waals surface area contributed by atoms with Crippen molar-refractivity contribution >= 4 is 29.5 Å². The number of esters is 1. The SMILES string of the molecule is CCN(CC)CCOC(=O)[C@@H]1N2C(=O)[C@@H](NC(=O)COc3ccccc3)[C@H]2SC1(C)C. The highest BCUT2D eigenvalue weighted by molar-refractivity contribution is 8.01. The number of para-hydroxylation sites is 1. The molecular formula is C22H31N3O5S. The highest BCUT2D eigenvalue weighted by atomic mass is 32.2. The summed E-state index contributed by atoms with van der Waals surface area (Å²) in [5.41, 5.74) is 0. The van der Waals surface area contributed by atoms with Crippen molar-refractivity contribution in [1.82, 2.24) is 15.1 Å². The number of amides is 2. The zero-order valence-electron chi connectivity index (χ0n) is 18.5. The molecule has 2 aliphatic heterocycles. The molecule has 2 aliphatic rings. The van der Waals surface area contributed by atoms with Gasteiger partial charge in [-0.15, -0.1) is 11.8 Å². The summed E-state index contributed by atoms with van der Waals surface area (Å²) in [6.45, 7) is 10.5. The molecule has 2 saturated heterocycles. The molecule has 0 aromatic heterocycles. The first kappa shape index (κ1) is 23.4. The molecule has 9 heteroatoms. The molecule has 0 unspecified atom stereocenters. The third kappa shape index (κ3) is 5.15. The number of nitrogens with one attached hydrogen (secondary N) is 1. The molecule has 1 N–H and O–H groups in total. The third-order valence-electron chi connectivity index (χ3n) is 5.64. The molecule has 1 aromatic rings. The predicted molar refractivity (Wildman–Crippen MR) is 119 cm³/mol. The second-order valence-corrected chi connectivity index (χ2v) is 9.87. The van der Waals surface area contributed by atoms with E-state index in [2.05, 4.69) is 24.1 Å². The molecule has 2 heterocycles. The van der Waals surface area contributed by atoms with Crippen LogP contribution in [0.25, 0.3) is 0 Å². The average molecular weight is 450 g/mol. The first-order valence-corrected chi connectivity index (χ1v) is 11.5. The molecule has 2 fully saturated rings. The average Bonchev–Trinajstić information content (AvgIpc) is 3.02. The van der Waals surface area contributed by atoms with Gasteiger partial charge in [0.15, 0.2) is 6.61 Å². The van der Waals surface area contributed by atoms with Gasteiger partial charge in [-0.25, -0.2) is 4.79 Å². The van der Waals surface area contributed by atoms with Gasteiger partial charge in [0.05, 0.1) is 0 Å². The molecule has 0 spiro atoms. The van der Waals surface area contributed by atoms with Crippen molar-refractivity contribution in [3.63, 3.8) is 0 Å². The lowest BCUT2D eigenvalue weighted by Gasteiger charge is -2.43. The van der Waals surface area contributed by atoms with Gasteiger partial charge in [-0.2, -0.15) is 0 Å². The van der Waals surface area contributed by atoms with Gasteiger partial charge in [-0.3, -0.25) is 9.59 Å². The largest absolute Gasteiger partial charge is 0.484 e. The van der Waals surface area contributed by atoms with Crippen molar-refractivity contribution in [1.29, 1.82) is 0 Å². The van der Waals surface area contributed by atoms with Crippen LogP contribution in [0.4, 0.5) is 0 Å². The Kier molecular flexibility index (Phi) is 7.48. The summed E-state index contributed by atoms with van der Waals surface area (Å²) in [6.07, 6.45) is 0. The van der Waals surface area contributed by atoms with E-state index < -0.39 is 22.8 Å². The third-order valence-corrected chi connectivity index (χ3v) is 7.21. The smallest absolute Gasteiger partial charge is 0.330 e. The van der Waals surface area contributed by atoms with Gasteiger partial charge in [-0.05, 0) is 39.1 Å². The van der Waals surface area contributed by atoms with Crippen LogP contribution in [0.15, 0.2) is 30.3 Å². The Hall–Kier alpha value is -2.26. The number of hydrogen-bond acceptors (Lipinski definition) is 7. The molecule has 0 bridgehead atoms. The summed E-state index contributed by atoms with van der Waals surface area (Å²) in [7, 11) is 0. The van der Waals surface area contributed by atoms with E-state index in [0.717, 1.165) is 13.1 Å². The minimum absolute atomic E-state index is 0.175. The molecule has 3 atom stereocenters. The first-order valence-electron chi connectivity index (χ1n) is 10.6. The van der Waals surface area contributed by atoms with Gasteiger partial charge in [0, 0.05) is 11.3 Å². The summed E-state index contributed by atoms with van der Waals surface area (Å²) in [5.74, 6) is -0.437. The molecule has 8 nitrogen and oxygen atoms in total. The van der Waals surface area contributed by atoms with Gasteiger partial charge < -0.3 is 24.6 Å². The Morgan fingerprint density at radius 3 is 2.52 bits per heavy atom. The highest BCUT2D eigenvalue weighted by Crippen LogP contribution is 2.51. The van der Waals surface area contributed by atoms with Gasteiger partial charge in [0.25, 0.3) is 5.91 Å². The summed E-state index contributed by atoms with van der Waals surface area (Å²) >= 11 is 1.51. The van der Waals surface area contributed by atoms with E-state index in [4.69, 9.17) is 9.47 Å². The Labute approximate surface area is 187 Å². The second kappa shape index (κ2) is 9.91. The topological polar surface area (TPSA) is 88.2 Å². The number of benzene rings is 1. The van der Waals surface area contributed by atoms with E-state index >= 15 is 0 Å². The van der Waals surface area contributed by atoms with Crippen LogP contribution in [0, 0.1) is 0 Å². The quantitative estimate of drug-likeness (QED) is 0.428. The van der Waals surface area contributed by atoms with Crippen molar-refractivity contribution in [3.05, 3.63) is 30.3 Å². The van der Waals surface area contributed by atoms with Crippen molar-refractivity contribution in [3.8, 4) is 5.75 Å². The van der Waals surface area contributed by atoms with Crippen molar-refractivity contribution in [2.75, 3.05) is 32.8 Å². The molecule has 170 valence electrons. The van der Waals surface area contributed by atoms with Crippen LogP contribution >= 0.6 is 11.8 Å². The van der Waals surface area contributed by atoms with Crippen LogP contribution in [0.1, 0.15) is 27.7 Å². The van der Waals surface area contributed by atoms with E-state index in [1.165, 1.54) is 11.8 Å². The van der Waals surface area contributed by atoms with Gasteiger partial charge in [0.2, 0.25) is 5.91 Å². The normalized spacial score (nSPS) is 23.8. The number of carbonyl (C=O) groups is 3. The number of hydrogen-bond donors (Lipinski definition) is 1. The maximum atomic E-state index is 12.8. The van der Waals surface area contributed by atoms with Crippen LogP contribution in [0.3, 0.4) is 0 Å². The first-order chi connectivity index (χ1) is 14.8. The number of likely N-dealkylation sites (N-methyl/N-ethyl adjacent to an activating group) is 1. The van der Waals surface area contributed by atoms with E-state index in [0.29, 0.717) is 18.9 Å². The predicted octanol–water partition coefficient (Wildman–Crippen LogP) is 1.50. The molecule has 1 aromatic carbocycles. The van der Waals surface area contributed by atoms with Crippen molar-refractivity contribution in [2.24, 2.45) is 0 Å². The number of rotatable bonds is 10. The Balaban J connectivity index is 1.53. The molecule has 3 rings (SSSR count). The summed E-state index contributed by atoms with van der Waals surface area (Å²) in [4.78, 5) is 41.6. The highest BCUT2D eigenvalue weighted by Gasteiger charge is 2.64. The minimum Gasteiger partial charge on any atom is -0.484 e. The van der Waals surface area contributed by atoms with Crippen molar-refractivity contribution < 1.29 is 23.9 Å². The lowest BCUT2D eigenvalue weighted by molar-refractivity contribution is -0.164. The number of nitrogens with zero attached hydrogens (tertiary/aromatic N) is 2. The molecule has 0 aliphatic carbocycles. The molecule has 2 amide bonds. The number of fused-ring (bicyclic) bond motifs is 1. The standard InChI is InChI=1S/C22H31N3O5S/c1-5-24(6-2)12-13-29-21(28)18-22(3,4)31-20-17(19(27)25(18)20)23-16(26)14-30-15-10-8-7-9-11-15/h7-11,17-18,20H,5-6,12-14H2,1-4H3,(H,23,26)/t17-,18+,20-/m1/s1. The minimum atomic E-state index is -0.666. The lowest BCUT2D eigenvalue weighted by Crippen LogP contribution is -2.71. The maximum absolute atomic E-state index is 12.8. The number of thioether (sulfide) groups is 1. The van der Waals surface area contributed by atoms with Crippen molar-refractivity contribution in [2.45, 2.75) is 49.9 Å². The van der Waals surface area contributed by atoms with Crippen LogP contribution in [-0.2, 0) is 19.1 Å². The number of ether oxygens (including phenoxy) is 2. The molecular weight excluding hydrogens is 418 g/mol. The fraction of sp³-hybridized carbons (Fsp3) is 0.591. The fourth-order valence-electron chi connectivity index (χ4n) is 3.90. The van der Waals surface area contributed by atoms with Gasteiger partial charge in [-0.1, -0.05) is 32.0 Å². The number of β-lactam (4-membered cyclic amide) rings is 1. The van der Waals surface area contributed by atoms with Crippen LogP contribution in [0.2, 0.25) is 0 Å². The van der Waals surface area contributed by atoms with E-state index in [-0.39, 0.29) is 23.8 Å². The number of carbonyl (C=O) groups excluding carboxylic acids is 3. The molecule has 31 heavy (non-hydrogen) atoms.